The van der Waals surface area contributed by atoms with Gasteiger partial charge in [-0.1, -0.05) is 18.9 Å². The molecule has 0 amide bonds. The molecule has 3 aromatic heterocycles. The molecule has 2 fully saturated rings. The van der Waals surface area contributed by atoms with Gasteiger partial charge in [0.2, 0.25) is 0 Å². The molecular weight excluding hydrogens is 518 g/mol. The lowest BCUT2D eigenvalue weighted by molar-refractivity contribution is 0.185. The summed E-state index contributed by atoms with van der Waals surface area (Å²) >= 11 is 0. The molecule has 5 heterocycles. The maximum atomic E-state index is 5.30. The van der Waals surface area contributed by atoms with Crippen molar-refractivity contribution in [2.45, 2.75) is 79.6 Å². The van der Waals surface area contributed by atoms with Crippen molar-refractivity contribution in [3.63, 3.8) is 0 Å². The van der Waals surface area contributed by atoms with Crippen LogP contribution >= 0.6 is 0 Å². The summed E-state index contributed by atoms with van der Waals surface area (Å²) in [7, 11) is 0. The highest BCUT2D eigenvalue weighted by Gasteiger charge is 2.22. The molecule has 0 radical (unpaired) electrons. The van der Waals surface area contributed by atoms with E-state index < -0.39 is 0 Å². The molecule has 0 spiro atoms. The Morgan fingerprint density at radius 1 is 0.524 bits per heavy atom. The number of pyridine rings is 1. The summed E-state index contributed by atoms with van der Waals surface area (Å²) < 4.78 is 4.78. The second-order valence-corrected chi connectivity index (χ2v) is 12.6. The molecule has 2 saturated heterocycles. The van der Waals surface area contributed by atoms with Gasteiger partial charge >= 0.3 is 0 Å². The number of likely N-dealkylation sites (tertiary alicyclic amines) is 2. The molecule has 7 rings (SSSR count). The topological polar surface area (TPSA) is 55.0 Å². The Labute approximate surface area is 249 Å². The molecule has 7 heteroatoms. The van der Waals surface area contributed by atoms with Gasteiger partial charge in [0.25, 0.3) is 0 Å². The van der Waals surface area contributed by atoms with Crippen LogP contribution in [0.2, 0.25) is 0 Å². The first-order valence-electron chi connectivity index (χ1n) is 15.8. The van der Waals surface area contributed by atoms with E-state index in [1.165, 1.54) is 71.8 Å². The highest BCUT2D eigenvalue weighted by atomic mass is 15.3. The molecular formula is C35H43N7. The number of rotatable bonds is 6. The van der Waals surface area contributed by atoms with E-state index in [4.69, 9.17) is 15.0 Å². The van der Waals surface area contributed by atoms with Crippen LogP contribution in [0.1, 0.15) is 60.8 Å². The minimum atomic E-state index is 0.840. The summed E-state index contributed by atoms with van der Waals surface area (Å²) in [5.41, 5.74) is 11.4. The van der Waals surface area contributed by atoms with Gasteiger partial charge in [-0.2, -0.15) is 0 Å². The van der Waals surface area contributed by atoms with E-state index >= 15 is 0 Å². The fourth-order valence-corrected chi connectivity index (χ4v) is 6.72. The number of hydrogen-bond donors (Lipinski definition) is 0. The molecule has 0 aliphatic carbocycles. The molecule has 2 aliphatic rings. The zero-order valence-corrected chi connectivity index (χ0v) is 25.7. The van der Waals surface area contributed by atoms with Crippen LogP contribution in [0.25, 0.3) is 45.1 Å². The zero-order valence-electron chi connectivity index (χ0n) is 25.7. The minimum absolute atomic E-state index is 0.840. The Balaban J connectivity index is 1.35. The first-order chi connectivity index (χ1) is 20.4. The van der Waals surface area contributed by atoms with Crippen LogP contribution in [-0.2, 0) is 13.3 Å². The summed E-state index contributed by atoms with van der Waals surface area (Å²) in [5.74, 6) is 1.88. The van der Waals surface area contributed by atoms with Gasteiger partial charge in [-0.15, -0.1) is 0 Å². The van der Waals surface area contributed by atoms with E-state index in [1.807, 2.05) is 0 Å². The third-order valence-corrected chi connectivity index (χ3v) is 9.51. The maximum absolute atomic E-state index is 5.30. The number of imidazole rings is 2. The quantitative estimate of drug-likeness (QED) is 0.219. The summed E-state index contributed by atoms with van der Waals surface area (Å²) in [4.78, 5) is 20.8. The summed E-state index contributed by atoms with van der Waals surface area (Å²) in [6.45, 7) is 15.0. The first kappa shape index (κ1) is 27.3. The highest BCUT2D eigenvalue weighted by Crippen LogP contribution is 2.31. The Morgan fingerprint density at radius 2 is 0.929 bits per heavy atom. The van der Waals surface area contributed by atoms with E-state index in [0.717, 1.165) is 73.6 Å². The molecule has 0 bridgehead atoms. The minimum Gasteiger partial charge on any atom is -0.309 e. The fourth-order valence-electron chi connectivity index (χ4n) is 6.72. The Bertz CT molecular complexity index is 1620. The fraction of sp³-hybridized carbons (Fsp3) is 0.457. The zero-order chi connectivity index (χ0) is 28.8. The average Bonchev–Trinajstić information content (AvgIpc) is 3.52. The summed E-state index contributed by atoms with van der Waals surface area (Å²) in [6.07, 6.45) is 7.71. The van der Waals surface area contributed by atoms with Crippen molar-refractivity contribution in [1.82, 2.24) is 33.9 Å². The van der Waals surface area contributed by atoms with Crippen molar-refractivity contribution in [1.29, 1.82) is 0 Å². The highest BCUT2D eigenvalue weighted by molar-refractivity contribution is 5.83. The molecule has 0 atom stereocenters. The average molecular weight is 562 g/mol. The lowest BCUT2D eigenvalue weighted by atomic mass is 10.1. The van der Waals surface area contributed by atoms with Crippen molar-refractivity contribution in [3.8, 4) is 23.0 Å². The van der Waals surface area contributed by atoms with Gasteiger partial charge in [0, 0.05) is 0 Å². The van der Waals surface area contributed by atoms with Crippen LogP contribution in [0.15, 0.2) is 42.5 Å². The number of benzene rings is 2. The lowest BCUT2D eigenvalue weighted by Gasteiger charge is -2.28. The summed E-state index contributed by atoms with van der Waals surface area (Å²) in [6, 6.07) is 15.4. The summed E-state index contributed by atoms with van der Waals surface area (Å²) in [5, 5.41) is 0. The molecule has 42 heavy (non-hydrogen) atoms. The van der Waals surface area contributed by atoms with Gasteiger partial charge in [0.1, 0.15) is 11.4 Å². The molecule has 218 valence electrons. The molecule has 2 aromatic carbocycles. The largest absolute Gasteiger partial charge is 0.309 e. The molecule has 5 aromatic rings. The van der Waals surface area contributed by atoms with Crippen molar-refractivity contribution in [3.05, 3.63) is 64.7 Å². The van der Waals surface area contributed by atoms with E-state index in [-0.39, 0.29) is 0 Å². The molecule has 0 N–H and O–H groups in total. The molecule has 2 aliphatic heterocycles. The second-order valence-electron chi connectivity index (χ2n) is 12.6. The maximum Gasteiger partial charge on any atom is 0.160 e. The van der Waals surface area contributed by atoms with Crippen molar-refractivity contribution >= 4 is 22.1 Å². The van der Waals surface area contributed by atoms with Crippen LogP contribution < -0.4 is 0 Å². The van der Waals surface area contributed by atoms with Crippen LogP contribution in [0.5, 0.6) is 0 Å². The molecule has 0 saturated carbocycles. The number of nitrogens with zero attached hydrogens (tertiary/aromatic N) is 7. The Morgan fingerprint density at radius 3 is 1.36 bits per heavy atom. The Hall–Kier alpha value is -3.55. The van der Waals surface area contributed by atoms with Crippen LogP contribution in [0.4, 0.5) is 0 Å². The first-order valence-corrected chi connectivity index (χ1v) is 15.8. The van der Waals surface area contributed by atoms with Crippen LogP contribution in [0, 0.1) is 27.7 Å². The number of aromatic nitrogens is 5. The van der Waals surface area contributed by atoms with Gasteiger partial charge in [0.05, 0.1) is 35.4 Å². The number of fused-ring (bicyclic) bond motifs is 2. The smallest absolute Gasteiger partial charge is 0.160 e. The standard InChI is InChI=1S/C35H43N7/c1-24-18-30-32(20-26(24)3)41(22-39-14-7-5-8-15-39)34(37-30)28-12-11-13-29(36-28)35-38-31-19-25(2)27(4)21-33(31)42(35)23-40-16-9-6-10-17-40/h11-13,18-21H,5-10,14-17,22-23H2,1-4H3. The van der Waals surface area contributed by atoms with Gasteiger partial charge in [-0.05, 0) is 138 Å². The van der Waals surface area contributed by atoms with Crippen LogP contribution in [0.3, 0.4) is 0 Å². The van der Waals surface area contributed by atoms with Crippen molar-refractivity contribution in [2.24, 2.45) is 0 Å². The van der Waals surface area contributed by atoms with E-state index in [1.54, 1.807) is 0 Å². The van der Waals surface area contributed by atoms with Gasteiger partial charge in [-0.25, -0.2) is 15.0 Å². The van der Waals surface area contributed by atoms with Crippen LogP contribution in [-0.4, -0.2) is 60.1 Å². The lowest BCUT2D eigenvalue weighted by Crippen LogP contribution is -2.32. The third-order valence-electron chi connectivity index (χ3n) is 9.51. The molecule has 7 nitrogen and oxygen atoms in total. The van der Waals surface area contributed by atoms with Gasteiger partial charge in [-0.3, -0.25) is 9.80 Å². The number of hydrogen-bond acceptors (Lipinski definition) is 5. The SMILES string of the molecule is Cc1cc2nc(-c3cccc(-c4nc5cc(C)c(C)cc5n4CN4CCCCC4)n3)n(CN3CCCCC3)c2cc1C. The predicted molar refractivity (Wildman–Crippen MR) is 171 cm³/mol. The number of piperidine rings is 2. The van der Waals surface area contributed by atoms with Gasteiger partial charge in [0.15, 0.2) is 11.6 Å². The Kier molecular flexibility index (Phi) is 7.32. The van der Waals surface area contributed by atoms with Crippen molar-refractivity contribution < 1.29 is 0 Å². The predicted octanol–water partition coefficient (Wildman–Crippen LogP) is 7.24. The molecule has 0 unspecified atom stereocenters. The number of aryl methyl sites for hydroxylation is 4. The van der Waals surface area contributed by atoms with Crippen molar-refractivity contribution in [2.75, 3.05) is 26.2 Å². The normalized spacial score (nSPS) is 17.0. The van der Waals surface area contributed by atoms with Gasteiger partial charge < -0.3 is 9.13 Å². The van der Waals surface area contributed by atoms with E-state index in [9.17, 15) is 0 Å². The van der Waals surface area contributed by atoms with E-state index in [2.05, 4.69) is 89.1 Å². The third kappa shape index (κ3) is 5.13. The van der Waals surface area contributed by atoms with E-state index in [0.29, 0.717) is 0 Å². The second kappa shape index (κ2) is 11.3. The monoisotopic (exact) mass is 561 g/mol.